The fraction of sp³-hybridized carbons (Fsp3) is 0.250. The number of phenolic OH excluding ortho intramolecular Hbond substituents is 1. The second-order valence-electron chi connectivity index (χ2n) is 4.96. The molecule has 4 aliphatic carbocycles. The van der Waals surface area contributed by atoms with Gasteiger partial charge in [0.05, 0.1) is 5.69 Å². The van der Waals surface area contributed by atoms with Gasteiger partial charge in [-0.15, -0.1) is 0 Å². The molecule has 0 radical (unpaired) electrons. The lowest BCUT2D eigenvalue weighted by Gasteiger charge is -2.14. The summed E-state index contributed by atoms with van der Waals surface area (Å²) in [7, 11) is 0. The van der Waals surface area contributed by atoms with E-state index in [0.717, 1.165) is 36.8 Å². The van der Waals surface area contributed by atoms with Crippen molar-refractivity contribution in [2.45, 2.75) is 25.7 Å². The molecule has 0 fully saturated rings. The van der Waals surface area contributed by atoms with Gasteiger partial charge in [0.25, 0.3) is 0 Å². The molecular formula is C16H17NO. The quantitative estimate of drug-likeness (QED) is 0.548. The number of nitrogens with two attached hydrogens (primary N) is 1. The minimum Gasteiger partial charge on any atom is -0.505 e. The number of nitrogen functional groups attached to an aromatic ring is 1. The van der Waals surface area contributed by atoms with Crippen molar-refractivity contribution >= 4 is 5.69 Å². The van der Waals surface area contributed by atoms with Gasteiger partial charge < -0.3 is 10.8 Å². The number of phenols is 1. The molecule has 4 bridgehead atoms. The molecule has 2 aromatic carbocycles. The molecule has 0 atom stereocenters. The van der Waals surface area contributed by atoms with Crippen molar-refractivity contribution in [3.63, 3.8) is 0 Å². The number of aryl methyl sites for hydroxylation is 4. The van der Waals surface area contributed by atoms with Crippen LogP contribution in [0.5, 0.6) is 5.75 Å². The highest BCUT2D eigenvalue weighted by atomic mass is 16.3. The maximum Gasteiger partial charge on any atom is 0.141 e. The fourth-order valence-corrected chi connectivity index (χ4v) is 2.55. The van der Waals surface area contributed by atoms with Crippen LogP contribution in [-0.2, 0) is 25.7 Å². The van der Waals surface area contributed by atoms with Crippen LogP contribution in [0.4, 0.5) is 5.69 Å². The lowest BCUT2D eigenvalue weighted by atomic mass is 9.95. The van der Waals surface area contributed by atoms with E-state index in [1.54, 1.807) is 0 Å². The van der Waals surface area contributed by atoms with Gasteiger partial charge in [-0.05, 0) is 47.9 Å². The van der Waals surface area contributed by atoms with Crippen LogP contribution < -0.4 is 5.73 Å². The predicted molar refractivity (Wildman–Crippen MR) is 73.8 cm³/mol. The molecule has 0 aliphatic heterocycles. The monoisotopic (exact) mass is 239 g/mol. The number of benzene rings is 2. The second-order valence-corrected chi connectivity index (χ2v) is 4.96. The molecule has 18 heavy (non-hydrogen) atoms. The number of anilines is 1. The summed E-state index contributed by atoms with van der Waals surface area (Å²) in [5.41, 5.74) is 11.2. The minimum atomic E-state index is 0.280. The molecule has 0 heterocycles. The van der Waals surface area contributed by atoms with Crippen LogP contribution in [0.25, 0.3) is 0 Å². The first-order valence-electron chi connectivity index (χ1n) is 6.41. The Morgan fingerprint density at radius 1 is 0.722 bits per heavy atom. The van der Waals surface area contributed by atoms with Crippen LogP contribution >= 0.6 is 0 Å². The van der Waals surface area contributed by atoms with E-state index >= 15 is 0 Å². The standard InChI is InChI=1S/C16H17NO/c17-15-13-7-5-11-1-3-12(4-2-11)6-8-14(10-9-13)16(15)18/h1-4,9-10,18H,5-8,17H2. The first-order valence-corrected chi connectivity index (χ1v) is 6.41. The maximum atomic E-state index is 10.1. The first kappa shape index (κ1) is 11.1. The lowest BCUT2D eigenvalue weighted by molar-refractivity contribution is 0.470. The summed E-state index contributed by atoms with van der Waals surface area (Å²) < 4.78 is 0. The van der Waals surface area contributed by atoms with Crippen LogP contribution in [0.3, 0.4) is 0 Å². The Bertz CT molecular complexity index is 520. The number of hydrogen-bond acceptors (Lipinski definition) is 2. The van der Waals surface area contributed by atoms with E-state index in [-0.39, 0.29) is 5.75 Å². The molecule has 3 N–H and O–H groups in total. The predicted octanol–water partition coefficient (Wildman–Crippen LogP) is 2.86. The highest BCUT2D eigenvalue weighted by molar-refractivity contribution is 5.61. The SMILES string of the molecule is Nc1c2ccc(c1O)CCc1ccc(cc1)CC2. The average molecular weight is 239 g/mol. The van der Waals surface area contributed by atoms with Gasteiger partial charge in [-0.2, -0.15) is 0 Å². The summed E-state index contributed by atoms with van der Waals surface area (Å²) in [5.74, 6) is 0.280. The zero-order valence-corrected chi connectivity index (χ0v) is 10.3. The molecule has 2 aromatic rings. The third kappa shape index (κ3) is 1.94. The number of rotatable bonds is 0. The molecule has 0 aromatic heterocycles. The van der Waals surface area contributed by atoms with Crippen molar-refractivity contribution in [1.29, 1.82) is 0 Å². The molecule has 0 spiro atoms. The van der Waals surface area contributed by atoms with Crippen LogP contribution in [0.2, 0.25) is 0 Å². The smallest absolute Gasteiger partial charge is 0.141 e. The van der Waals surface area contributed by atoms with E-state index in [1.807, 2.05) is 6.07 Å². The topological polar surface area (TPSA) is 46.2 Å². The molecule has 4 aliphatic rings. The average Bonchev–Trinajstić information content (AvgIpc) is 2.38. The highest BCUT2D eigenvalue weighted by Gasteiger charge is 2.11. The van der Waals surface area contributed by atoms with Gasteiger partial charge in [-0.25, -0.2) is 0 Å². The Hall–Kier alpha value is -1.96. The third-order valence-electron chi connectivity index (χ3n) is 3.78. The van der Waals surface area contributed by atoms with E-state index < -0.39 is 0 Å². The largest absolute Gasteiger partial charge is 0.505 e. The van der Waals surface area contributed by atoms with E-state index in [2.05, 4.69) is 30.3 Å². The van der Waals surface area contributed by atoms with Crippen molar-refractivity contribution in [2.75, 3.05) is 5.73 Å². The van der Waals surface area contributed by atoms with Gasteiger partial charge in [0.2, 0.25) is 0 Å². The van der Waals surface area contributed by atoms with Gasteiger partial charge in [0.1, 0.15) is 5.75 Å². The van der Waals surface area contributed by atoms with Gasteiger partial charge in [0, 0.05) is 0 Å². The summed E-state index contributed by atoms with van der Waals surface area (Å²) in [6.07, 6.45) is 3.60. The molecule has 92 valence electrons. The molecule has 0 unspecified atom stereocenters. The molecule has 0 amide bonds. The molecule has 2 heteroatoms. The van der Waals surface area contributed by atoms with E-state index in [1.165, 1.54) is 11.1 Å². The van der Waals surface area contributed by atoms with Crippen LogP contribution in [-0.4, -0.2) is 5.11 Å². The zero-order chi connectivity index (χ0) is 12.5. The minimum absolute atomic E-state index is 0.280. The van der Waals surface area contributed by atoms with Gasteiger partial charge in [-0.1, -0.05) is 36.4 Å². The summed E-state index contributed by atoms with van der Waals surface area (Å²) in [5, 5.41) is 10.1. The molecule has 0 saturated heterocycles. The Balaban J connectivity index is 2.05. The Kier molecular flexibility index (Phi) is 2.71. The number of hydrogen-bond donors (Lipinski definition) is 2. The summed E-state index contributed by atoms with van der Waals surface area (Å²) in [4.78, 5) is 0. The first-order chi connectivity index (χ1) is 8.74. The second kappa shape index (κ2) is 4.37. The molecule has 0 saturated carbocycles. The summed E-state index contributed by atoms with van der Waals surface area (Å²) in [6.45, 7) is 0. The third-order valence-corrected chi connectivity index (χ3v) is 3.78. The fourth-order valence-electron chi connectivity index (χ4n) is 2.55. The molecular weight excluding hydrogens is 222 g/mol. The summed E-state index contributed by atoms with van der Waals surface area (Å²) >= 11 is 0. The summed E-state index contributed by atoms with van der Waals surface area (Å²) in [6, 6.07) is 12.8. The zero-order valence-electron chi connectivity index (χ0n) is 10.3. The normalized spacial score (nSPS) is 14.2. The van der Waals surface area contributed by atoms with Crippen LogP contribution in [0.1, 0.15) is 22.3 Å². The van der Waals surface area contributed by atoms with Crippen molar-refractivity contribution < 1.29 is 5.11 Å². The van der Waals surface area contributed by atoms with E-state index in [4.69, 9.17) is 5.73 Å². The Morgan fingerprint density at radius 3 is 1.83 bits per heavy atom. The van der Waals surface area contributed by atoms with Crippen LogP contribution in [0.15, 0.2) is 36.4 Å². The van der Waals surface area contributed by atoms with Crippen molar-refractivity contribution in [3.05, 3.63) is 58.7 Å². The van der Waals surface area contributed by atoms with Crippen molar-refractivity contribution in [2.24, 2.45) is 0 Å². The molecule has 2 nitrogen and oxygen atoms in total. The molecule has 6 rings (SSSR count). The highest BCUT2D eigenvalue weighted by Crippen LogP contribution is 2.31. The number of aromatic hydroxyl groups is 1. The van der Waals surface area contributed by atoms with E-state index in [9.17, 15) is 5.11 Å². The Labute approximate surface area is 107 Å². The van der Waals surface area contributed by atoms with Gasteiger partial charge in [-0.3, -0.25) is 0 Å². The van der Waals surface area contributed by atoms with Crippen molar-refractivity contribution in [3.8, 4) is 5.75 Å². The van der Waals surface area contributed by atoms with Gasteiger partial charge >= 0.3 is 0 Å². The van der Waals surface area contributed by atoms with E-state index in [0.29, 0.717) is 5.69 Å². The lowest BCUT2D eigenvalue weighted by Crippen LogP contribution is -2.02. The van der Waals surface area contributed by atoms with Gasteiger partial charge in [0.15, 0.2) is 0 Å². The van der Waals surface area contributed by atoms with Crippen molar-refractivity contribution in [1.82, 2.24) is 0 Å². The van der Waals surface area contributed by atoms with Crippen LogP contribution in [0, 0.1) is 0 Å². The Morgan fingerprint density at radius 2 is 1.22 bits per heavy atom. The maximum absolute atomic E-state index is 10.1.